The number of aromatic nitrogens is 4. The van der Waals surface area contributed by atoms with E-state index in [4.69, 9.17) is 4.74 Å². The van der Waals surface area contributed by atoms with Gasteiger partial charge in [-0.1, -0.05) is 12.1 Å². The third-order valence-corrected chi connectivity index (χ3v) is 3.11. The fourth-order valence-corrected chi connectivity index (χ4v) is 2.00. The molecule has 94 valence electrons. The van der Waals surface area contributed by atoms with Crippen LogP contribution in [0.15, 0.2) is 30.6 Å². The lowest BCUT2D eigenvalue weighted by Gasteiger charge is -2.30. The minimum Gasteiger partial charge on any atom is -0.378 e. The van der Waals surface area contributed by atoms with E-state index in [0.29, 0.717) is 6.04 Å². The molecule has 1 aromatic carbocycles. The van der Waals surface area contributed by atoms with Crippen molar-refractivity contribution in [1.29, 1.82) is 0 Å². The smallest absolute Gasteiger partial charge is 0.143 e. The molecule has 0 amide bonds. The van der Waals surface area contributed by atoms with Gasteiger partial charge < -0.3 is 10.1 Å². The predicted octanol–water partition coefficient (Wildman–Crippen LogP) is 0.712. The number of benzene rings is 1. The molecule has 6 nitrogen and oxygen atoms in total. The molecule has 1 saturated heterocycles. The molecule has 1 aliphatic rings. The summed E-state index contributed by atoms with van der Waals surface area (Å²) in [6.07, 6.45) is 1.59. The molecule has 6 heteroatoms. The minimum atomic E-state index is 0.287. The van der Waals surface area contributed by atoms with Crippen LogP contribution in [-0.4, -0.2) is 39.5 Å². The molecule has 3 rings (SSSR count). The number of ether oxygens (including phenoxy) is 1. The van der Waals surface area contributed by atoms with E-state index in [0.717, 1.165) is 18.9 Å². The van der Waals surface area contributed by atoms with Gasteiger partial charge in [0.25, 0.3) is 0 Å². The Labute approximate surface area is 105 Å². The zero-order chi connectivity index (χ0) is 12.4. The van der Waals surface area contributed by atoms with Crippen molar-refractivity contribution in [3.05, 3.63) is 36.2 Å². The van der Waals surface area contributed by atoms with E-state index in [-0.39, 0.29) is 6.04 Å². The van der Waals surface area contributed by atoms with Crippen molar-refractivity contribution in [3.8, 4) is 5.69 Å². The SMILES string of the molecule is CC(NC1COC1)c1cccc(-n2cnnn2)c1. The first kappa shape index (κ1) is 11.3. The van der Waals surface area contributed by atoms with Gasteiger partial charge >= 0.3 is 0 Å². The van der Waals surface area contributed by atoms with Gasteiger partial charge in [0.2, 0.25) is 0 Å². The standard InChI is InChI=1S/C12H15N5O/c1-9(14-11-6-18-7-11)10-3-2-4-12(5-10)17-8-13-15-16-17/h2-5,8-9,11,14H,6-7H2,1H3. The quantitative estimate of drug-likeness (QED) is 0.859. The van der Waals surface area contributed by atoms with Crippen molar-refractivity contribution in [2.24, 2.45) is 0 Å². The van der Waals surface area contributed by atoms with Gasteiger partial charge in [0.05, 0.1) is 24.9 Å². The highest BCUT2D eigenvalue weighted by Crippen LogP contribution is 2.17. The van der Waals surface area contributed by atoms with Crippen LogP contribution in [0.5, 0.6) is 0 Å². The molecule has 1 atom stereocenters. The van der Waals surface area contributed by atoms with Gasteiger partial charge in [-0.05, 0) is 35.0 Å². The highest BCUT2D eigenvalue weighted by molar-refractivity contribution is 5.35. The second-order valence-corrected chi connectivity index (χ2v) is 4.47. The van der Waals surface area contributed by atoms with Gasteiger partial charge in [-0.3, -0.25) is 0 Å². The number of nitrogens with zero attached hydrogens (tertiary/aromatic N) is 4. The molecule has 1 aliphatic heterocycles. The van der Waals surface area contributed by atoms with E-state index < -0.39 is 0 Å². The molecule has 0 bridgehead atoms. The van der Waals surface area contributed by atoms with E-state index in [1.165, 1.54) is 5.56 Å². The Balaban J connectivity index is 1.77. The Hall–Kier alpha value is -1.79. The van der Waals surface area contributed by atoms with Crippen molar-refractivity contribution in [1.82, 2.24) is 25.5 Å². The third kappa shape index (κ3) is 2.25. The maximum atomic E-state index is 5.16. The zero-order valence-corrected chi connectivity index (χ0v) is 10.2. The van der Waals surface area contributed by atoms with Crippen molar-refractivity contribution < 1.29 is 4.74 Å². The average molecular weight is 245 g/mol. The van der Waals surface area contributed by atoms with Crippen molar-refractivity contribution in [2.75, 3.05) is 13.2 Å². The van der Waals surface area contributed by atoms with E-state index in [9.17, 15) is 0 Å². The normalized spacial score (nSPS) is 17.4. The first-order valence-corrected chi connectivity index (χ1v) is 6.00. The average Bonchev–Trinajstić information content (AvgIpc) is 2.87. The van der Waals surface area contributed by atoms with Gasteiger partial charge in [-0.15, -0.1) is 5.10 Å². The molecule has 18 heavy (non-hydrogen) atoms. The lowest BCUT2D eigenvalue weighted by atomic mass is 10.1. The summed E-state index contributed by atoms with van der Waals surface area (Å²) in [5, 5.41) is 14.7. The lowest BCUT2D eigenvalue weighted by Crippen LogP contribution is -2.46. The molecule has 0 spiro atoms. The summed E-state index contributed by atoms with van der Waals surface area (Å²) in [6, 6.07) is 8.95. The molecule has 1 unspecified atom stereocenters. The maximum Gasteiger partial charge on any atom is 0.143 e. The Bertz CT molecular complexity index is 509. The molecule has 0 saturated carbocycles. The number of nitrogens with one attached hydrogen (secondary N) is 1. The second kappa shape index (κ2) is 4.83. The highest BCUT2D eigenvalue weighted by Gasteiger charge is 2.20. The van der Waals surface area contributed by atoms with E-state index >= 15 is 0 Å². The van der Waals surface area contributed by atoms with Crippen molar-refractivity contribution in [2.45, 2.75) is 19.0 Å². The topological polar surface area (TPSA) is 64.9 Å². The predicted molar refractivity (Wildman–Crippen MR) is 65.3 cm³/mol. The van der Waals surface area contributed by atoms with Crippen LogP contribution in [0.4, 0.5) is 0 Å². The van der Waals surface area contributed by atoms with Crippen LogP contribution in [0.3, 0.4) is 0 Å². The van der Waals surface area contributed by atoms with E-state index in [1.54, 1.807) is 11.0 Å². The Morgan fingerprint density at radius 3 is 3.00 bits per heavy atom. The summed E-state index contributed by atoms with van der Waals surface area (Å²) in [5.74, 6) is 0. The Morgan fingerprint density at radius 1 is 1.44 bits per heavy atom. The third-order valence-electron chi connectivity index (χ3n) is 3.11. The van der Waals surface area contributed by atoms with Crippen molar-refractivity contribution >= 4 is 0 Å². The van der Waals surface area contributed by atoms with E-state index in [1.807, 2.05) is 12.1 Å². The molecule has 0 aliphatic carbocycles. The molecule has 0 radical (unpaired) electrons. The number of tetrazole rings is 1. The molecular weight excluding hydrogens is 230 g/mol. The summed E-state index contributed by atoms with van der Waals surface area (Å²) in [7, 11) is 0. The maximum absolute atomic E-state index is 5.16. The number of hydrogen-bond acceptors (Lipinski definition) is 5. The van der Waals surface area contributed by atoms with E-state index in [2.05, 4.69) is 39.9 Å². The molecule has 1 aromatic heterocycles. The van der Waals surface area contributed by atoms with Crippen LogP contribution in [0.1, 0.15) is 18.5 Å². The number of rotatable bonds is 4. The largest absolute Gasteiger partial charge is 0.378 e. The summed E-state index contributed by atoms with van der Waals surface area (Å²) >= 11 is 0. The summed E-state index contributed by atoms with van der Waals surface area (Å²) in [6.45, 7) is 3.76. The van der Waals surface area contributed by atoms with Crippen LogP contribution < -0.4 is 5.32 Å². The first-order valence-electron chi connectivity index (χ1n) is 6.00. The summed E-state index contributed by atoms with van der Waals surface area (Å²) < 4.78 is 6.82. The van der Waals surface area contributed by atoms with Crippen LogP contribution in [0.25, 0.3) is 5.69 Å². The summed E-state index contributed by atoms with van der Waals surface area (Å²) in [5.41, 5.74) is 2.19. The van der Waals surface area contributed by atoms with Gasteiger partial charge in [-0.2, -0.15) is 0 Å². The zero-order valence-electron chi connectivity index (χ0n) is 10.2. The van der Waals surface area contributed by atoms with Crippen molar-refractivity contribution in [3.63, 3.8) is 0 Å². The Kier molecular flexibility index (Phi) is 3.04. The fourth-order valence-electron chi connectivity index (χ4n) is 2.00. The fraction of sp³-hybridized carbons (Fsp3) is 0.417. The van der Waals surface area contributed by atoms with Crippen LogP contribution in [0.2, 0.25) is 0 Å². The van der Waals surface area contributed by atoms with Crippen LogP contribution in [0, 0.1) is 0 Å². The highest BCUT2D eigenvalue weighted by atomic mass is 16.5. The van der Waals surface area contributed by atoms with Gasteiger partial charge in [0, 0.05) is 6.04 Å². The summed E-state index contributed by atoms with van der Waals surface area (Å²) in [4.78, 5) is 0. The van der Waals surface area contributed by atoms with Crippen LogP contribution >= 0.6 is 0 Å². The molecular formula is C12H15N5O. The number of hydrogen-bond donors (Lipinski definition) is 1. The Morgan fingerprint density at radius 2 is 2.33 bits per heavy atom. The second-order valence-electron chi connectivity index (χ2n) is 4.47. The lowest BCUT2D eigenvalue weighted by molar-refractivity contribution is -0.00925. The van der Waals surface area contributed by atoms with Gasteiger partial charge in [-0.25, -0.2) is 4.68 Å². The molecule has 2 heterocycles. The van der Waals surface area contributed by atoms with Gasteiger partial charge in [0.1, 0.15) is 6.33 Å². The minimum absolute atomic E-state index is 0.287. The molecule has 1 N–H and O–H groups in total. The van der Waals surface area contributed by atoms with Gasteiger partial charge in [0.15, 0.2) is 0 Å². The molecule has 1 fully saturated rings. The first-order chi connectivity index (χ1) is 8.83. The molecule has 2 aromatic rings. The van der Waals surface area contributed by atoms with Crippen LogP contribution in [-0.2, 0) is 4.74 Å². The monoisotopic (exact) mass is 245 g/mol.